The number of anilines is 1. The van der Waals surface area contributed by atoms with E-state index < -0.39 is 0 Å². The highest BCUT2D eigenvalue weighted by Crippen LogP contribution is 2.65. The van der Waals surface area contributed by atoms with Gasteiger partial charge in [0.15, 0.2) is 0 Å². The maximum absolute atomic E-state index is 13.1. The summed E-state index contributed by atoms with van der Waals surface area (Å²) in [6.45, 7) is 0. The number of amides is 2. The maximum Gasteiger partial charge on any atom is 0.238 e. The van der Waals surface area contributed by atoms with E-state index in [-0.39, 0.29) is 35.5 Å². The predicted molar refractivity (Wildman–Crippen MR) is 100 cm³/mol. The lowest BCUT2D eigenvalue weighted by atomic mass is 9.63. The molecule has 0 N–H and O–H groups in total. The van der Waals surface area contributed by atoms with E-state index >= 15 is 0 Å². The van der Waals surface area contributed by atoms with Gasteiger partial charge in [0.2, 0.25) is 11.8 Å². The molecule has 2 aromatic rings. The highest BCUT2D eigenvalue weighted by atomic mass is 16.5. The van der Waals surface area contributed by atoms with Crippen LogP contribution in [0.25, 0.3) is 0 Å². The molecular formula is C23H19NO3. The van der Waals surface area contributed by atoms with Crippen molar-refractivity contribution in [2.75, 3.05) is 4.90 Å². The van der Waals surface area contributed by atoms with Gasteiger partial charge in [0, 0.05) is 0 Å². The molecule has 3 fully saturated rings. The van der Waals surface area contributed by atoms with Gasteiger partial charge in [0.1, 0.15) is 11.5 Å². The molecule has 5 aliphatic rings. The molecule has 0 radical (unpaired) electrons. The van der Waals surface area contributed by atoms with Crippen LogP contribution in [0, 0.1) is 35.5 Å². The quantitative estimate of drug-likeness (QED) is 0.615. The molecule has 2 bridgehead atoms. The van der Waals surface area contributed by atoms with E-state index in [0.717, 1.165) is 5.75 Å². The Morgan fingerprint density at radius 1 is 0.741 bits per heavy atom. The van der Waals surface area contributed by atoms with E-state index in [9.17, 15) is 9.59 Å². The van der Waals surface area contributed by atoms with Crippen LogP contribution < -0.4 is 9.64 Å². The van der Waals surface area contributed by atoms with Crippen molar-refractivity contribution >= 4 is 17.5 Å². The molecule has 27 heavy (non-hydrogen) atoms. The Bertz CT molecular complexity index is 929. The number of ether oxygens (including phenoxy) is 1. The lowest BCUT2D eigenvalue weighted by molar-refractivity contribution is -0.124. The molecule has 2 aromatic carbocycles. The Balaban J connectivity index is 1.28. The zero-order valence-electron chi connectivity index (χ0n) is 14.7. The highest BCUT2D eigenvalue weighted by Gasteiger charge is 2.67. The van der Waals surface area contributed by atoms with Crippen molar-refractivity contribution < 1.29 is 14.3 Å². The highest BCUT2D eigenvalue weighted by molar-refractivity contribution is 6.22. The van der Waals surface area contributed by atoms with Crippen LogP contribution in [0.5, 0.6) is 11.5 Å². The van der Waals surface area contributed by atoms with Gasteiger partial charge in [-0.15, -0.1) is 0 Å². The van der Waals surface area contributed by atoms with Crippen molar-refractivity contribution in [3.8, 4) is 11.5 Å². The van der Waals surface area contributed by atoms with Crippen LogP contribution in [-0.4, -0.2) is 11.8 Å². The molecule has 1 saturated heterocycles. The Kier molecular flexibility index (Phi) is 2.99. The first kappa shape index (κ1) is 15.2. The number of rotatable bonds is 3. The normalized spacial score (nSPS) is 35.2. The van der Waals surface area contributed by atoms with Crippen molar-refractivity contribution in [3.05, 3.63) is 66.7 Å². The van der Waals surface area contributed by atoms with Crippen LogP contribution in [0.4, 0.5) is 5.69 Å². The number of hydrogen-bond acceptors (Lipinski definition) is 3. The van der Waals surface area contributed by atoms with Gasteiger partial charge in [-0.1, -0.05) is 30.4 Å². The molecule has 2 saturated carbocycles. The second-order valence-corrected chi connectivity index (χ2v) is 8.08. The fourth-order valence-electron chi connectivity index (χ4n) is 5.50. The molecule has 0 aromatic heterocycles. The molecule has 4 aliphatic carbocycles. The van der Waals surface area contributed by atoms with Crippen LogP contribution in [0.15, 0.2) is 66.7 Å². The van der Waals surface area contributed by atoms with Crippen molar-refractivity contribution in [1.82, 2.24) is 0 Å². The third-order valence-electron chi connectivity index (χ3n) is 6.74. The summed E-state index contributed by atoms with van der Waals surface area (Å²) in [6.07, 6.45) is 5.58. The Morgan fingerprint density at radius 2 is 1.30 bits per heavy atom. The average molecular weight is 357 g/mol. The molecule has 6 atom stereocenters. The van der Waals surface area contributed by atoms with E-state index in [1.165, 1.54) is 11.3 Å². The largest absolute Gasteiger partial charge is 0.457 e. The molecular weight excluding hydrogens is 338 g/mol. The van der Waals surface area contributed by atoms with Gasteiger partial charge in [0.25, 0.3) is 0 Å². The summed E-state index contributed by atoms with van der Waals surface area (Å²) >= 11 is 0. The van der Waals surface area contributed by atoms with E-state index in [1.807, 2.05) is 54.6 Å². The van der Waals surface area contributed by atoms with E-state index in [4.69, 9.17) is 4.74 Å². The molecule has 2 amide bonds. The molecule has 0 unspecified atom stereocenters. The van der Waals surface area contributed by atoms with Gasteiger partial charge in [-0.05, 0) is 66.5 Å². The van der Waals surface area contributed by atoms with E-state index in [2.05, 4.69) is 12.2 Å². The lowest BCUT2D eigenvalue weighted by Crippen LogP contribution is -2.40. The van der Waals surface area contributed by atoms with E-state index in [1.54, 1.807) is 0 Å². The minimum Gasteiger partial charge on any atom is -0.457 e. The topological polar surface area (TPSA) is 46.6 Å². The fourth-order valence-corrected chi connectivity index (χ4v) is 5.50. The van der Waals surface area contributed by atoms with Crippen molar-refractivity contribution in [3.63, 3.8) is 0 Å². The average Bonchev–Trinajstić information content (AvgIpc) is 3.48. The summed E-state index contributed by atoms with van der Waals surface area (Å²) in [5.74, 6) is 2.85. The number of carbonyl (C=O) groups is 2. The third kappa shape index (κ3) is 2.10. The first-order chi connectivity index (χ1) is 13.2. The predicted octanol–water partition coefficient (Wildman–Crippen LogP) is 4.04. The first-order valence-electron chi connectivity index (χ1n) is 9.61. The van der Waals surface area contributed by atoms with Crippen LogP contribution in [-0.2, 0) is 9.59 Å². The zero-order chi connectivity index (χ0) is 18.1. The molecule has 134 valence electrons. The fraction of sp³-hybridized carbons (Fsp3) is 0.304. The Labute approximate surface area is 157 Å². The summed E-state index contributed by atoms with van der Waals surface area (Å²) in [4.78, 5) is 27.7. The number of benzene rings is 2. The molecule has 4 nitrogen and oxygen atoms in total. The van der Waals surface area contributed by atoms with Crippen LogP contribution in [0.2, 0.25) is 0 Å². The van der Waals surface area contributed by atoms with Gasteiger partial charge in [-0.3, -0.25) is 14.5 Å². The molecule has 7 rings (SSSR count). The maximum atomic E-state index is 13.1. The van der Waals surface area contributed by atoms with E-state index in [0.29, 0.717) is 23.3 Å². The zero-order valence-corrected chi connectivity index (χ0v) is 14.7. The summed E-state index contributed by atoms with van der Waals surface area (Å²) in [5.41, 5.74) is 0.646. The second-order valence-electron chi connectivity index (χ2n) is 8.08. The molecule has 0 spiro atoms. The van der Waals surface area contributed by atoms with Gasteiger partial charge in [0.05, 0.1) is 17.5 Å². The Hall–Kier alpha value is -2.88. The number of imide groups is 1. The minimum atomic E-state index is -0.156. The number of carbonyl (C=O) groups excluding carboxylic acids is 2. The van der Waals surface area contributed by atoms with Gasteiger partial charge < -0.3 is 4.74 Å². The standard InChI is InChI=1S/C23H19NO3/c25-22-20-16-10-11-17(19-12-18(16)19)21(20)23(26)24(22)13-6-8-15(9-7-13)27-14-4-2-1-3-5-14/h1-11,16-21H,12H2/t16-,17-,18-,19-,20+,21+/m1/s1. The number of allylic oxidation sites excluding steroid dienone is 2. The molecule has 1 aliphatic heterocycles. The van der Waals surface area contributed by atoms with Crippen LogP contribution in [0.3, 0.4) is 0 Å². The van der Waals surface area contributed by atoms with Crippen LogP contribution in [0.1, 0.15) is 6.42 Å². The number of nitrogens with zero attached hydrogens (tertiary/aromatic N) is 1. The monoisotopic (exact) mass is 357 g/mol. The number of hydrogen-bond donors (Lipinski definition) is 0. The van der Waals surface area contributed by atoms with Gasteiger partial charge in [-0.2, -0.15) is 0 Å². The van der Waals surface area contributed by atoms with Crippen LogP contribution >= 0.6 is 0 Å². The minimum absolute atomic E-state index is 0.0218. The van der Waals surface area contributed by atoms with Crippen molar-refractivity contribution in [2.24, 2.45) is 35.5 Å². The van der Waals surface area contributed by atoms with Crippen molar-refractivity contribution in [1.29, 1.82) is 0 Å². The van der Waals surface area contributed by atoms with Gasteiger partial charge >= 0.3 is 0 Å². The first-order valence-corrected chi connectivity index (χ1v) is 9.61. The smallest absolute Gasteiger partial charge is 0.238 e. The third-order valence-corrected chi connectivity index (χ3v) is 6.74. The van der Waals surface area contributed by atoms with Gasteiger partial charge in [-0.25, -0.2) is 0 Å². The summed E-state index contributed by atoms with van der Waals surface area (Å²) in [7, 11) is 0. The summed E-state index contributed by atoms with van der Waals surface area (Å²) in [6, 6.07) is 16.8. The summed E-state index contributed by atoms with van der Waals surface area (Å²) in [5, 5.41) is 0. The SMILES string of the molecule is O=C1[C@H]2[C@@H]3C=C[C@H]([C@H]4C[C@H]34)[C@@H]2C(=O)N1c1ccc(Oc2ccccc2)cc1. The lowest BCUT2D eigenvalue weighted by Gasteiger charge is -2.37. The van der Waals surface area contributed by atoms with Crippen molar-refractivity contribution in [2.45, 2.75) is 6.42 Å². The molecule has 1 heterocycles. The second kappa shape index (κ2) is 5.32. The summed E-state index contributed by atoms with van der Waals surface area (Å²) < 4.78 is 5.81. The number of para-hydroxylation sites is 1. The Morgan fingerprint density at radius 3 is 1.89 bits per heavy atom. The molecule has 4 heteroatoms.